The van der Waals surface area contributed by atoms with Crippen LogP contribution in [0.5, 0.6) is 11.5 Å². The number of aliphatic imine (C=N–C) groups is 1. The number of amides is 2. The van der Waals surface area contributed by atoms with Crippen molar-refractivity contribution in [1.82, 2.24) is 4.90 Å². The van der Waals surface area contributed by atoms with Crippen LogP contribution in [-0.2, 0) is 14.3 Å². The summed E-state index contributed by atoms with van der Waals surface area (Å²) in [5, 5.41) is 2.84. The highest BCUT2D eigenvalue weighted by Crippen LogP contribution is 2.34. The predicted octanol–water partition coefficient (Wildman–Crippen LogP) is 3.93. The van der Waals surface area contributed by atoms with E-state index in [1.165, 1.54) is 18.9 Å². The summed E-state index contributed by atoms with van der Waals surface area (Å²) < 4.78 is 15.7. The maximum atomic E-state index is 13.1. The van der Waals surface area contributed by atoms with E-state index in [4.69, 9.17) is 19.2 Å². The summed E-state index contributed by atoms with van der Waals surface area (Å²) in [6.07, 6.45) is 0.00788. The molecular formula is C24H29N3O5S. The largest absolute Gasteiger partial charge is 0.497 e. The van der Waals surface area contributed by atoms with Gasteiger partial charge in [0.1, 0.15) is 16.7 Å². The van der Waals surface area contributed by atoms with Gasteiger partial charge in [0, 0.05) is 19.6 Å². The van der Waals surface area contributed by atoms with Crippen LogP contribution in [0.3, 0.4) is 0 Å². The lowest BCUT2D eigenvalue weighted by Crippen LogP contribution is -2.35. The molecule has 0 spiro atoms. The molecule has 0 aromatic heterocycles. The Labute approximate surface area is 198 Å². The first kappa shape index (κ1) is 24.6. The fourth-order valence-corrected chi connectivity index (χ4v) is 4.63. The Morgan fingerprint density at radius 1 is 1.12 bits per heavy atom. The number of para-hydroxylation sites is 1. The first-order valence-electron chi connectivity index (χ1n) is 10.5. The number of rotatable bonds is 9. The molecule has 0 bridgehead atoms. The van der Waals surface area contributed by atoms with Crippen LogP contribution in [0.15, 0.2) is 41.4 Å². The Morgan fingerprint density at radius 2 is 1.85 bits per heavy atom. The average molecular weight is 472 g/mol. The highest BCUT2D eigenvalue weighted by molar-refractivity contribution is 8.15. The Hall–Kier alpha value is -3.04. The number of benzene rings is 2. The minimum Gasteiger partial charge on any atom is -0.497 e. The number of methoxy groups -OCH3 is 3. The molecule has 1 unspecified atom stereocenters. The van der Waals surface area contributed by atoms with Gasteiger partial charge in [0.2, 0.25) is 11.8 Å². The minimum atomic E-state index is -0.575. The van der Waals surface area contributed by atoms with Gasteiger partial charge in [0.25, 0.3) is 0 Å². The van der Waals surface area contributed by atoms with Crippen LogP contribution in [0.4, 0.5) is 11.4 Å². The molecule has 3 rings (SSSR count). The zero-order chi connectivity index (χ0) is 24.0. The van der Waals surface area contributed by atoms with Crippen LogP contribution in [0.25, 0.3) is 0 Å². The second-order valence-electron chi connectivity index (χ2n) is 7.54. The van der Waals surface area contributed by atoms with Gasteiger partial charge in [-0.3, -0.25) is 14.5 Å². The Bertz CT molecular complexity index is 1040. The van der Waals surface area contributed by atoms with Crippen molar-refractivity contribution >= 4 is 40.1 Å². The number of thioether (sulfide) groups is 1. The quantitative estimate of drug-likeness (QED) is 0.596. The van der Waals surface area contributed by atoms with Crippen LogP contribution >= 0.6 is 11.8 Å². The molecule has 1 N–H and O–H groups in total. The first-order valence-corrected chi connectivity index (χ1v) is 11.4. The Kier molecular flexibility index (Phi) is 8.35. The van der Waals surface area contributed by atoms with E-state index in [0.717, 1.165) is 16.8 Å². The number of ether oxygens (including phenoxy) is 3. The van der Waals surface area contributed by atoms with Gasteiger partial charge in [0.05, 0.1) is 38.7 Å². The molecule has 2 aromatic rings. The molecule has 0 saturated carbocycles. The van der Waals surface area contributed by atoms with Crippen molar-refractivity contribution in [1.29, 1.82) is 0 Å². The third-order valence-electron chi connectivity index (χ3n) is 5.24. The van der Waals surface area contributed by atoms with Gasteiger partial charge in [0.15, 0.2) is 5.17 Å². The van der Waals surface area contributed by atoms with E-state index in [-0.39, 0.29) is 18.2 Å². The average Bonchev–Trinajstić information content (AvgIpc) is 3.08. The van der Waals surface area contributed by atoms with E-state index in [0.29, 0.717) is 35.5 Å². The Morgan fingerprint density at radius 3 is 2.48 bits per heavy atom. The molecule has 1 fully saturated rings. The van der Waals surface area contributed by atoms with Gasteiger partial charge in [-0.1, -0.05) is 30.0 Å². The molecule has 9 heteroatoms. The molecule has 1 heterocycles. The number of aryl methyl sites for hydroxylation is 2. The number of carbonyl (C=O) groups is 2. The van der Waals surface area contributed by atoms with Gasteiger partial charge in [-0.25, -0.2) is 4.99 Å². The molecular weight excluding hydrogens is 442 g/mol. The summed E-state index contributed by atoms with van der Waals surface area (Å²) in [5.74, 6) is 0.655. The second-order valence-corrected chi connectivity index (χ2v) is 8.71. The topological polar surface area (TPSA) is 89.5 Å². The lowest BCUT2D eigenvalue weighted by Gasteiger charge is -2.16. The van der Waals surface area contributed by atoms with Crippen molar-refractivity contribution in [2.45, 2.75) is 25.5 Å². The maximum Gasteiger partial charge on any atom is 0.242 e. The van der Waals surface area contributed by atoms with Crippen LogP contribution in [-0.4, -0.2) is 61.6 Å². The number of hydrogen-bond donors (Lipinski definition) is 1. The van der Waals surface area contributed by atoms with Gasteiger partial charge in [-0.05, 0) is 37.1 Å². The summed E-state index contributed by atoms with van der Waals surface area (Å²) in [6.45, 7) is 4.72. The van der Waals surface area contributed by atoms with Crippen molar-refractivity contribution in [2.24, 2.45) is 4.99 Å². The summed E-state index contributed by atoms with van der Waals surface area (Å²) in [6, 6.07) is 11.1. The first-order chi connectivity index (χ1) is 15.9. The van der Waals surface area contributed by atoms with Crippen molar-refractivity contribution in [3.8, 4) is 11.5 Å². The van der Waals surface area contributed by atoms with E-state index in [9.17, 15) is 9.59 Å². The standard InChI is InChI=1S/C24H29N3O5S/c1-15-7-6-8-16(2)22(15)26-24-27(11-12-30-3)23(29)20(33-24)14-21(28)25-18-10-9-17(31-4)13-19(18)32-5/h6-10,13,20H,11-12,14H2,1-5H3,(H,25,28). The van der Waals surface area contributed by atoms with Gasteiger partial charge < -0.3 is 19.5 Å². The molecule has 8 nitrogen and oxygen atoms in total. The SMILES string of the molecule is COCCN1C(=O)C(CC(=O)Nc2ccc(OC)cc2OC)SC1=Nc1c(C)cccc1C. The predicted molar refractivity (Wildman–Crippen MR) is 131 cm³/mol. The molecule has 176 valence electrons. The molecule has 33 heavy (non-hydrogen) atoms. The van der Waals surface area contributed by atoms with Gasteiger partial charge in [-0.15, -0.1) is 0 Å². The normalized spacial score (nSPS) is 16.9. The molecule has 1 aliphatic rings. The van der Waals surface area contributed by atoms with Crippen molar-refractivity contribution in [2.75, 3.05) is 39.8 Å². The molecule has 2 amide bonds. The van der Waals surface area contributed by atoms with E-state index in [1.807, 2.05) is 32.0 Å². The van der Waals surface area contributed by atoms with Crippen LogP contribution in [0.2, 0.25) is 0 Å². The summed E-state index contributed by atoms with van der Waals surface area (Å²) in [4.78, 5) is 32.3. The Balaban J connectivity index is 1.79. The van der Waals surface area contributed by atoms with E-state index in [2.05, 4.69) is 5.32 Å². The summed E-state index contributed by atoms with van der Waals surface area (Å²) in [7, 11) is 4.66. The number of hydrogen-bond acceptors (Lipinski definition) is 7. The number of carbonyl (C=O) groups excluding carboxylic acids is 2. The minimum absolute atomic E-state index is 0.00788. The number of anilines is 1. The fourth-order valence-electron chi connectivity index (χ4n) is 3.46. The number of amidine groups is 1. The van der Waals surface area contributed by atoms with Crippen molar-refractivity contribution in [3.63, 3.8) is 0 Å². The third-order valence-corrected chi connectivity index (χ3v) is 6.41. The highest BCUT2D eigenvalue weighted by atomic mass is 32.2. The highest BCUT2D eigenvalue weighted by Gasteiger charge is 2.39. The lowest BCUT2D eigenvalue weighted by atomic mass is 10.1. The second kappa shape index (κ2) is 11.2. The van der Waals surface area contributed by atoms with Crippen LogP contribution in [0, 0.1) is 13.8 Å². The van der Waals surface area contributed by atoms with Gasteiger partial charge in [-0.2, -0.15) is 0 Å². The van der Waals surface area contributed by atoms with E-state index >= 15 is 0 Å². The molecule has 1 saturated heterocycles. The van der Waals surface area contributed by atoms with Crippen molar-refractivity contribution < 1.29 is 23.8 Å². The van der Waals surface area contributed by atoms with Crippen LogP contribution < -0.4 is 14.8 Å². The maximum absolute atomic E-state index is 13.1. The zero-order valence-electron chi connectivity index (χ0n) is 19.5. The van der Waals surface area contributed by atoms with E-state index in [1.54, 1.807) is 37.3 Å². The zero-order valence-corrected chi connectivity index (χ0v) is 20.3. The van der Waals surface area contributed by atoms with Gasteiger partial charge >= 0.3 is 0 Å². The smallest absolute Gasteiger partial charge is 0.242 e. The third kappa shape index (κ3) is 5.85. The molecule has 2 aromatic carbocycles. The van der Waals surface area contributed by atoms with Crippen LogP contribution in [0.1, 0.15) is 17.5 Å². The monoisotopic (exact) mass is 471 g/mol. The molecule has 0 radical (unpaired) electrons. The number of nitrogens with zero attached hydrogens (tertiary/aromatic N) is 2. The fraction of sp³-hybridized carbons (Fsp3) is 0.375. The molecule has 0 aliphatic carbocycles. The van der Waals surface area contributed by atoms with E-state index < -0.39 is 5.25 Å². The van der Waals surface area contributed by atoms with Crippen molar-refractivity contribution in [3.05, 3.63) is 47.5 Å². The molecule has 1 aliphatic heterocycles. The molecule has 1 atom stereocenters. The lowest BCUT2D eigenvalue weighted by molar-refractivity contribution is -0.128. The summed E-state index contributed by atoms with van der Waals surface area (Å²) in [5.41, 5.74) is 3.40. The summed E-state index contributed by atoms with van der Waals surface area (Å²) >= 11 is 1.30. The number of nitrogens with one attached hydrogen (secondary N) is 1.